The number of aromatic nitrogens is 3. The largest absolute Gasteiger partial charge is 0.208 e. The normalized spacial score (nSPS) is 15.3. The fourth-order valence-electron chi connectivity index (χ4n) is 8.20. The Morgan fingerprint density at radius 2 is 0.981 bits per heavy atom. The number of benzene rings is 6. The monoisotopic (exact) mass is 671 g/mol. The SMILES string of the molecule is C1=CC(c2nc(-c3ccc(C4(c5ccc(-c6cccc(-c7ccccc7)c6)cc5)CCCCC4)cc3)nc(-c3ccc4ccccc4c3)n2)=CCC1. The Kier molecular flexibility index (Phi) is 8.62. The Morgan fingerprint density at radius 3 is 1.67 bits per heavy atom. The summed E-state index contributed by atoms with van der Waals surface area (Å²) in [5.41, 5.74) is 10.8. The molecule has 0 N–H and O–H groups in total. The van der Waals surface area contributed by atoms with Crippen LogP contribution in [0, 0.1) is 0 Å². The summed E-state index contributed by atoms with van der Waals surface area (Å²) in [6.07, 6.45) is 14.7. The standard InChI is InChI=1S/C49H41N3/c1-4-13-35(14-5-1)41-19-12-20-42(33-41)37-23-27-44(28-24-37)49(31-10-3-11-32-49)45-29-25-39(26-30-45)47-50-46(38-16-6-2-7-17-38)51-48(52-47)43-22-21-36-15-8-9-18-40(36)34-43/h1,4-6,8-9,12-30,33-34H,2-3,7,10-11,31-32H2. The number of hydrogen-bond acceptors (Lipinski definition) is 3. The molecule has 0 spiro atoms. The van der Waals surface area contributed by atoms with Crippen molar-refractivity contribution in [2.75, 3.05) is 0 Å². The van der Waals surface area contributed by atoms with E-state index in [0.29, 0.717) is 11.6 Å². The number of hydrogen-bond donors (Lipinski definition) is 0. The average Bonchev–Trinajstić information content (AvgIpc) is 3.24. The molecule has 7 aromatic rings. The van der Waals surface area contributed by atoms with Gasteiger partial charge in [-0.1, -0.05) is 171 Å². The first-order valence-electron chi connectivity index (χ1n) is 18.7. The van der Waals surface area contributed by atoms with E-state index < -0.39 is 0 Å². The van der Waals surface area contributed by atoms with Gasteiger partial charge in [-0.05, 0) is 82.0 Å². The molecule has 1 fully saturated rings. The van der Waals surface area contributed by atoms with Crippen molar-refractivity contribution < 1.29 is 0 Å². The molecule has 1 saturated carbocycles. The second-order valence-corrected chi connectivity index (χ2v) is 14.3. The van der Waals surface area contributed by atoms with Gasteiger partial charge in [0, 0.05) is 22.1 Å². The van der Waals surface area contributed by atoms with Crippen LogP contribution >= 0.6 is 0 Å². The highest BCUT2D eigenvalue weighted by Crippen LogP contribution is 2.46. The van der Waals surface area contributed by atoms with Gasteiger partial charge >= 0.3 is 0 Å². The highest BCUT2D eigenvalue weighted by atomic mass is 15.0. The molecule has 0 aliphatic heterocycles. The van der Waals surface area contributed by atoms with Gasteiger partial charge < -0.3 is 0 Å². The van der Waals surface area contributed by atoms with E-state index >= 15 is 0 Å². The highest BCUT2D eigenvalue weighted by Gasteiger charge is 2.35. The summed E-state index contributed by atoms with van der Waals surface area (Å²) in [5.74, 6) is 2.14. The Hall–Kier alpha value is -5.93. The van der Waals surface area contributed by atoms with Gasteiger partial charge in [0.25, 0.3) is 0 Å². The Morgan fingerprint density at radius 1 is 0.404 bits per heavy atom. The van der Waals surface area contributed by atoms with Crippen LogP contribution in [0.15, 0.2) is 164 Å². The predicted molar refractivity (Wildman–Crippen MR) is 216 cm³/mol. The summed E-state index contributed by atoms with van der Waals surface area (Å²) in [6.45, 7) is 0. The third-order valence-electron chi connectivity index (χ3n) is 11.0. The summed E-state index contributed by atoms with van der Waals surface area (Å²) in [4.78, 5) is 15.1. The van der Waals surface area contributed by atoms with Crippen molar-refractivity contribution in [3.05, 3.63) is 181 Å². The molecule has 0 bridgehead atoms. The smallest absolute Gasteiger partial charge is 0.164 e. The van der Waals surface area contributed by atoms with E-state index in [4.69, 9.17) is 15.0 Å². The van der Waals surface area contributed by atoms with Crippen molar-refractivity contribution >= 4 is 16.3 Å². The second-order valence-electron chi connectivity index (χ2n) is 14.3. The molecule has 0 amide bonds. The topological polar surface area (TPSA) is 38.7 Å². The summed E-state index contributed by atoms with van der Waals surface area (Å²) >= 11 is 0. The molecule has 3 nitrogen and oxygen atoms in total. The molecule has 2 aliphatic rings. The highest BCUT2D eigenvalue weighted by molar-refractivity contribution is 5.86. The fraction of sp³-hybridized carbons (Fsp3) is 0.163. The summed E-state index contributed by atoms with van der Waals surface area (Å²) in [6, 6.07) is 52.9. The van der Waals surface area contributed by atoms with Gasteiger partial charge in [-0.2, -0.15) is 0 Å². The number of fused-ring (bicyclic) bond motifs is 1. The molecule has 3 heteroatoms. The van der Waals surface area contributed by atoms with Crippen LogP contribution in [0.1, 0.15) is 61.9 Å². The molecule has 1 aromatic heterocycles. The third kappa shape index (κ3) is 6.28. The molecule has 0 unspecified atom stereocenters. The lowest BCUT2D eigenvalue weighted by Crippen LogP contribution is -2.30. The van der Waals surface area contributed by atoms with Crippen molar-refractivity contribution in [3.8, 4) is 45.0 Å². The van der Waals surface area contributed by atoms with Crippen LogP contribution in [0.4, 0.5) is 0 Å². The maximum absolute atomic E-state index is 5.08. The van der Waals surface area contributed by atoms with Gasteiger partial charge in [-0.3, -0.25) is 0 Å². The number of allylic oxidation sites excluding steroid dienone is 4. The second kappa shape index (κ2) is 14.0. The first-order chi connectivity index (χ1) is 25.7. The van der Waals surface area contributed by atoms with Crippen LogP contribution in [0.2, 0.25) is 0 Å². The maximum atomic E-state index is 5.08. The summed E-state index contributed by atoms with van der Waals surface area (Å²) in [7, 11) is 0. The van der Waals surface area contributed by atoms with E-state index in [9.17, 15) is 0 Å². The van der Waals surface area contributed by atoms with Crippen molar-refractivity contribution in [3.63, 3.8) is 0 Å². The zero-order valence-corrected chi connectivity index (χ0v) is 29.4. The molecule has 1 heterocycles. The van der Waals surface area contributed by atoms with Crippen molar-refractivity contribution in [2.45, 2.75) is 50.4 Å². The maximum Gasteiger partial charge on any atom is 0.164 e. The van der Waals surface area contributed by atoms with Crippen LogP contribution in [0.25, 0.3) is 61.4 Å². The predicted octanol–water partition coefficient (Wildman–Crippen LogP) is 12.7. The van der Waals surface area contributed by atoms with E-state index in [1.807, 2.05) is 0 Å². The Bertz CT molecular complexity index is 2420. The molecule has 52 heavy (non-hydrogen) atoms. The molecule has 6 aromatic carbocycles. The number of nitrogens with zero attached hydrogens (tertiary/aromatic N) is 3. The first-order valence-corrected chi connectivity index (χ1v) is 18.7. The third-order valence-corrected chi connectivity index (χ3v) is 11.0. The minimum Gasteiger partial charge on any atom is -0.208 e. The minimum atomic E-state index is -0.0145. The lowest BCUT2D eigenvalue weighted by molar-refractivity contribution is 0.346. The van der Waals surface area contributed by atoms with Crippen molar-refractivity contribution in [2.24, 2.45) is 0 Å². The Labute approximate surface area is 306 Å². The molecule has 252 valence electrons. The minimum absolute atomic E-state index is 0.0145. The quantitative estimate of drug-likeness (QED) is 0.169. The average molecular weight is 672 g/mol. The summed E-state index contributed by atoms with van der Waals surface area (Å²) in [5, 5.41) is 2.38. The zero-order valence-electron chi connectivity index (χ0n) is 29.4. The van der Waals surface area contributed by atoms with E-state index in [1.165, 1.54) is 63.4 Å². The molecule has 9 rings (SSSR count). The summed E-state index contributed by atoms with van der Waals surface area (Å²) < 4.78 is 0. The molecule has 0 atom stereocenters. The van der Waals surface area contributed by atoms with E-state index in [0.717, 1.165) is 48.2 Å². The van der Waals surface area contributed by atoms with Crippen LogP contribution in [0.3, 0.4) is 0 Å². The van der Waals surface area contributed by atoms with Gasteiger partial charge in [-0.25, -0.2) is 15.0 Å². The van der Waals surface area contributed by atoms with E-state index in [1.54, 1.807) is 0 Å². The molecular formula is C49H41N3. The van der Waals surface area contributed by atoms with Crippen LogP contribution < -0.4 is 0 Å². The lowest BCUT2D eigenvalue weighted by Gasteiger charge is -2.39. The van der Waals surface area contributed by atoms with Crippen molar-refractivity contribution in [1.29, 1.82) is 0 Å². The van der Waals surface area contributed by atoms with E-state index in [2.05, 4.69) is 164 Å². The fourth-order valence-corrected chi connectivity index (χ4v) is 8.20. The number of rotatable bonds is 7. The van der Waals surface area contributed by atoms with Crippen LogP contribution in [0.5, 0.6) is 0 Å². The van der Waals surface area contributed by atoms with Gasteiger partial charge in [-0.15, -0.1) is 0 Å². The van der Waals surface area contributed by atoms with Gasteiger partial charge in [0.15, 0.2) is 17.5 Å². The van der Waals surface area contributed by atoms with Crippen LogP contribution in [-0.4, -0.2) is 15.0 Å². The van der Waals surface area contributed by atoms with Gasteiger partial charge in [0.2, 0.25) is 0 Å². The van der Waals surface area contributed by atoms with E-state index in [-0.39, 0.29) is 5.41 Å². The van der Waals surface area contributed by atoms with Crippen molar-refractivity contribution in [1.82, 2.24) is 15.0 Å². The lowest BCUT2D eigenvalue weighted by atomic mass is 9.65. The zero-order chi connectivity index (χ0) is 34.7. The van der Waals surface area contributed by atoms with Gasteiger partial charge in [0.1, 0.15) is 0 Å². The molecule has 2 aliphatic carbocycles. The van der Waals surface area contributed by atoms with Crippen LogP contribution in [-0.2, 0) is 5.41 Å². The Balaban J connectivity index is 1.06. The van der Waals surface area contributed by atoms with Gasteiger partial charge in [0.05, 0.1) is 0 Å². The molecule has 0 saturated heterocycles. The molecule has 0 radical (unpaired) electrons. The first kappa shape index (κ1) is 32.0. The molecular weight excluding hydrogens is 631 g/mol.